The molecule has 8 nitrogen and oxygen atoms in total. The number of nitrogens with one attached hydrogen (secondary N) is 2. The molecule has 0 unspecified atom stereocenters. The Labute approximate surface area is 191 Å². The first-order valence-corrected chi connectivity index (χ1v) is 10.7. The lowest BCUT2D eigenvalue weighted by Crippen LogP contribution is -2.21. The van der Waals surface area contributed by atoms with Crippen molar-refractivity contribution in [2.75, 3.05) is 10.0 Å². The van der Waals surface area contributed by atoms with Gasteiger partial charge in [0, 0.05) is 22.5 Å². The summed E-state index contributed by atoms with van der Waals surface area (Å²) in [7, 11) is -3.76. The Bertz CT molecular complexity index is 1200. The van der Waals surface area contributed by atoms with Crippen molar-refractivity contribution in [3.05, 3.63) is 83.5 Å². The van der Waals surface area contributed by atoms with Gasteiger partial charge in [0.1, 0.15) is 5.82 Å². The number of anilines is 2. The standard InChI is InChI=1S/C18H14ClN3O3S.C2HF3O2/c19-14-6-4-13(5-7-14)18(23)21-15-8-10-16(11-9-15)26(24,25)22-17-3-1-2-12-20-17;3-2(4,5)1(6)7/h1-12H,(H,20,22)(H,21,23);(H,6,7). The van der Waals surface area contributed by atoms with E-state index in [2.05, 4.69) is 15.0 Å². The highest BCUT2D eigenvalue weighted by atomic mass is 35.5. The molecule has 13 heteroatoms. The molecule has 0 atom stereocenters. The Kier molecular flexibility index (Phi) is 8.38. The number of benzene rings is 2. The molecule has 0 spiro atoms. The highest BCUT2D eigenvalue weighted by Crippen LogP contribution is 2.18. The number of sulfonamides is 1. The minimum absolute atomic E-state index is 0.0626. The number of halogens is 4. The Morgan fingerprint density at radius 2 is 1.52 bits per heavy atom. The predicted molar refractivity (Wildman–Crippen MR) is 115 cm³/mol. The van der Waals surface area contributed by atoms with Crippen LogP contribution in [0.1, 0.15) is 10.4 Å². The van der Waals surface area contributed by atoms with E-state index >= 15 is 0 Å². The average Bonchev–Trinajstić information content (AvgIpc) is 2.75. The molecule has 1 heterocycles. The van der Waals surface area contributed by atoms with E-state index in [4.69, 9.17) is 21.5 Å². The monoisotopic (exact) mass is 501 g/mol. The number of carboxylic acid groups (broad SMARTS) is 1. The first kappa shape index (κ1) is 25.6. The van der Waals surface area contributed by atoms with E-state index < -0.39 is 22.2 Å². The number of carboxylic acids is 1. The highest BCUT2D eigenvalue weighted by Gasteiger charge is 2.38. The molecule has 0 aliphatic rings. The molecule has 3 N–H and O–H groups in total. The number of hydrogen-bond donors (Lipinski definition) is 3. The van der Waals surface area contributed by atoms with Crippen LogP contribution in [0.3, 0.4) is 0 Å². The summed E-state index contributed by atoms with van der Waals surface area (Å²) >= 11 is 5.80. The number of nitrogens with zero attached hydrogens (tertiary/aromatic N) is 1. The zero-order valence-electron chi connectivity index (χ0n) is 16.4. The minimum Gasteiger partial charge on any atom is -0.475 e. The molecular weight excluding hydrogens is 487 g/mol. The van der Waals surface area contributed by atoms with Crippen molar-refractivity contribution in [3.63, 3.8) is 0 Å². The fourth-order valence-corrected chi connectivity index (χ4v) is 3.28. The molecule has 0 saturated heterocycles. The van der Waals surface area contributed by atoms with Crippen LogP contribution in [-0.2, 0) is 14.8 Å². The topological polar surface area (TPSA) is 125 Å². The van der Waals surface area contributed by atoms with Crippen molar-refractivity contribution in [2.45, 2.75) is 11.1 Å². The number of carbonyl (C=O) groups excluding carboxylic acids is 1. The number of alkyl halides is 3. The molecule has 0 bridgehead atoms. The number of rotatable bonds is 5. The van der Waals surface area contributed by atoms with Crippen LogP contribution in [0.15, 0.2) is 77.8 Å². The van der Waals surface area contributed by atoms with E-state index in [-0.39, 0.29) is 16.6 Å². The maximum absolute atomic E-state index is 12.3. The Hall–Kier alpha value is -3.64. The third-order valence-electron chi connectivity index (χ3n) is 3.68. The zero-order chi connectivity index (χ0) is 24.6. The third kappa shape index (κ3) is 8.09. The first-order valence-electron chi connectivity index (χ1n) is 8.79. The molecule has 0 aliphatic heterocycles. The van der Waals surface area contributed by atoms with Crippen LogP contribution >= 0.6 is 11.6 Å². The maximum atomic E-state index is 12.3. The van der Waals surface area contributed by atoms with Gasteiger partial charge in [-0.25, -0.2) is 18.2 Å². The van der Waals surface area contributed by atoms with Gasteiger partial charge in [0.25, 0.3) is 15.9 Å². The van der Waals surface area contributed by atoms with E-state index in [1.54, 1.807) is 42.5 Å². The molecule has 0 radical (unpaired) electrons. The number of aliphatic carboxylic acids is 1. The summed E-state index contributed by atoms with van der Waals surface area (Å²) in [5.41, 5.74) is 0.921. The number of hydrogen-bond acceptors (Lipinski definition) is 5. The summed E-state index contributed by atoms with van der Waals surface area (Å²) in [6, 6.07) is 17.2. The molecule has 0 fully saturated rings. The molecule has 0 aliphatic carbocycles. The third-order valence-corrected chi connectivity index (χ3v) is 5.30. The normalized spacial score (nSPS) is 11.0. The lowest BCUT2D eigenvalue weighted by Gasteiger charge is -2.09. The van der Waals surface area contributed by atoms with Crippen LogP contribution < -0.4 is 10.0 Å². The number of pyridine rings is 1. The van der Waals surface area contributed by atoms with Crippen LogP contribution in [0.25, 0.3) is 0 Å². The van der Waals surface area contributed by atoms with E-state index in [0.717, 1.165) is 0 Å². The second-order valence-electron chi connectivity index (χ2n) is 6.11. The van der Waals surface area contributed by atoms with Gasteiger partial charge < -0.3 is 10.4 Å². The predicted octanol–water partition coefficient (Wildman–Crippen LogP) is 4.42. The van der Waals surface area contributed by atoms with Gasteiger partial charge in [-0.05, 0) is 60.7 Å². The Morgan fingerprint density at radius 1 is 0.939 bits per heavy atom. The fraction of sp³-hybridized carbons (Fsp3) is 0.0500. The molecular formula is C20H15ClF3N3O5S. The Balaban J connectivity index is 0.000000479. The molecule has 0 saturated carbocycles. The average molecular weight is 502 g/mol. The molecule has 3 rings (SSSR count). The zero-order valence-corrected chi connectivity index (χ0v) is 17.9. The summed E-state index contributed by atoms with van der Waals surface area (Å²) in [6.45, 7) is 0. The Morgan fingerprint density at radius 3 is 2.00 bits per heavy atom. The van der Waals surface area contributed by atoms with E-state index in [0.29, 0.717) is 16.3 Å². The molecule has 33 heavy (non-hydrogen) atoms. The molecule has 1 aromatic heterocycles. The van der Waals surface area contributed by atoms with Crippen molar-refractivity contribution in [3.8, 4) is 0 Å². The molecule has 3 aromatic rings. The van der Waals surface area contributed by atoms with Gasteiger partial charge in [0.2, 0.25) is 0 Å². The van der Waals surface area contributed by atoms with Gasteiger partial charge in [0.15, 0.2) is 0 Å². The van der Waals surface area contributed by atoms with Crippen LogP contribution in [0.4, 0.5) is 24.7 Å². The summed E-state index contributed by atoms with van der Waals surface area (Å²) in [5.74, 6) is -2.84. The molecule has 1 amide bonds. The maximum Gasteiger partial charge on any atom is 0.490 e. The van der Waals surface area contributed by atoms with Crippen LogP contribution in [0, 0.1) is 0 Å². The summed E-state index contributed by atoms with van der Waals surface area (Å²) in [6.07, 6.45) is -3.59. The van der Waals surface area contributed by atoms with Gasteiger partial charge in [-0.2, -0.15) is 13.2 Å². The van der Waals surface area contributed by atoms with E-state index in [1.165, 1.54) is 30.5 Å². The van der Waals surface area contributed by atoms with Crippen molar-refractivity contribution in [1.29, 1.82) is 0 Å². The highest BCUT2D eigenvalue weighted by molar-refractivity contribution is 7.92. The molecule has 174 valence electrons. The van der Waals surface area contributed by atoms with Gasteiger partial charge in [0.05, 0.1) is 4.90 Å². The number of aromatic nitrogens is 1. The molecule has 2 aromatic carbocycles. The van der Waals surface area contributed by atoms with Crippen LogP contribution in [0.5, 0.6) is 0 Å². The van der Waals surface area contributed by atoms with Crippen molar-refractivity contribution in [1.82, 2.24) is 4.98 Å². The van der Waals surface area contributed by atoms with Gasteiger partial charge >= 0.3 is 12.1 Å². The summed E-state index contributed by atoms with van der Waals surface area (Å²) < 4.78 is 58.8. The van der Waals surface area contributed by atoms with E-state index in [1.807, 2.05) is 0 Å². The number of carbonyl (C=O) groups is 2. The van der Waals surface area contributed by atoms with Crippen LogP contribution in [0.2, 0.25) is 5.02 Å². The lowest BCUT2D eigenvalue weighted by atomic mass is 10.2. The van der Waals surface area contributed by atoms with Crippen molar-refractivity contribution >= 4 is 45.0 Å². The van der Waals surface area contributed by atoms with Crippen molar-refractivity contribution in [2.24, 2.45) is 0 Å². The first-order chi connectivity index (χ1) is 15.4. The number of amides is 1. The quantitative estimate of drug-likeness (QED) is 0.475. The largest absolute Gasteiger partial charge is 0.490 e. The van der Waals surface area contributed by atoms with Gasteiger partial charge in [-0.3, -0.25) is 9.52 Å². The van der Waals surface area contributed by atoms with Gasteiger partial charge in [-0.1, -0.05) is 17.7 Å². The summed E-state index contributed by atoms with van der Waals surface area (Å²) in [5, 5.41) is 10.4. The fourth-order valence-electron chi connectivity index (χ4n) is 2.14. The minimum atomic E-state index is -5.08. The lowest BCUT2D eigenvalue weighted by molar-refractivity contribution is -0.192. The van der Waals surface area contributed by atoms with Crippen molar-refractivity contribution < 1.29 is 36.3 Å². The second kappa shape index (κ2) is 10.8. The van der Waals surface area contributed by atoms with Gasteiger partial charge in [-0.15, -0.1) is 0 Å². The smallest absolute Gasteiger partial charge is 0.475 e. The summed E-state index contributed by atoms with van der Waals surface area (Å²) in [4.78, 5) is 25.0. The van der Waals surface area contributed by atoms with Crippen LogP contribution in [-0.4, -0.2) is 36.6 Å². The second-order valence-corrected chi connectivity index (χ2v) is 8.23. The SMILES string of the molecule is O=C(Nc1ccc(S(=O)(=O)Nc2ccccn2)cc1)c1ccc(Cl)cc1.O=C(O)C(F)(F)F. The van der Waals surface area contributed by atoms with E-state index in [9.17, 15) is 26.4 Å².